The minimum atomic E-state index is -5.96. The fourth-order valence-electron chi connectivity index (χ4n) is 2.62. The van der Waals surface area contributed by atoms with E-state index in [9.17, 15) is 40.0 Å². The largest absolute Gasteiger partial charge is 0.468 e. The molecule has 174 valence electrons. The van der Waals surface area contributed by atoms with E-state index in [4.69, 9.17) is 4.55 Å². The molecule has 1 aliphatic carbocycles. The predicted octanol–water partition coefficient (Wildman–Crippen LogP) is 2.99. The number of esters is 2. The smallest absolute Gasteiger partial charge is 0.456 e. The van der Waals surface area contributed by atoms with Crippen molar-refractivity contribution in [3.63, 3.8) is 0 Å². The molecule has 0 amide bonds. The molecule has 0 saturated heterocycles. The number of hydrogen-bond donors (Lipinski definition) is 1. The van der Waals surface area contributed by atoms with E-state index in [0.717, 1.165) is 12.5 Å². The standard InChI is InChI=1S/C16H21F5O8S/c1-2-9-27-13(23)15(16(19,20)21,28-10-8-14(17,18)30(24,25)26)29-12(22)11-6-4-3-5-7-11/h2,11H,1,3-10H2,(H,24,25,26). The third-order valence-corrected chi connectivity index (χ3v) is 5.19. The molecule has 1 fully saturated rings. The summed E-state index contributed by atoms with van der Waals surface area (Å²) < 4.78 is 110. The van der Waals surface area contributed by atoms with Gasteiger partial charge in [0, 0.05) is 0 Å². The molecule has 0 spiro atoms. The average molecular weight is 468 g/mol. The Hall–Kier alpha value is -1.80. The Morgan fingerprint density at radius 3 is 2.13 bits per heavy atom. The fourth-order valence-corrected chi connectivity index (χ4v) is 2.96. The summed E-state index contributed by atoms with van der Waals surface area (Å²) in [6.07, 6.45) is -4.64. The molecule has 1 aliphatic rings. The Morgan fingerprint density at radius 1 is 1.10 bits per heavy atom. The van der Waals surface area contributed by atoms with Crippen LogP contribution < -0.4 is 0 Å². The van der Waals surface area contributed by atoms with Crippen molar-refractivity contribution in [2.75, 3.05) is 13.2 Å². The van der Waals surface area contributed by atoms with Crippen LogP contribution in [0.5, 0.6) is 0 Å². The van der Waals surface area contributed by atoms with E-state index >= 15 is 0 Å². The van der Waals surface area contributed by atoms with Gasteiger partial charge in [-0.05, 0) is 12.8 Å². The molecule has 0 aliphatic heterocycles. The maximum atomic E-state index is 13.8. The molecule has 0 heterocycles. The normalized spacial score (nSPS) is 18.3. The number of rotatable bonds is 10. The van der Waals surface area contributed by atoms with Gasteiger partial charge < -0.3 is 14.2 Å². The van der Waals surface area contributed by atoms with Crippen molar-refractivity contribution in [1.29, 1.82) is 0 Å². The van der Waals surface area contributed by atoms with Gasteiger partial charge >= 0.3 is 39.3 Å². The molecule has 8 nitrogen and oxygen atoms in total. The van der Waals surface area contributed by atoms with Crippen LogP contribution in [0.15, 0.2) is 12.7 Å². The van der Waals surface area contributed by atoms with Gasteiger partial charge in [0.2, 0.25) is 0 Å². The lowest BCUT2D eigenvalue weighted by Crippen LogP contribution is -2.59. The van der Waals surface area contributed by atoms with E-state index in [2.05, 4.69) is 20.8 Å². The molecular weight excluding hydrogens is 447 g/mol. The van der Waals surface area contributed by atoms with Gasteiger partial charge in [0.25, 0.3) is 0 Å². The fraction of sp³-hybridized carbons (Fsp3) is 0.750. The van der Waals surface area contributed by atoms with Crippen LogP contribution in [0, 0.1) is 5.92 Å². The third kappa shape index (κ3) is 6.35. The molecule has 1 atom stereocenters. The monoisotopic (exact) mass is 468 g/mol. The second-order valence-corrected chi connectivity index (χ2v) is 8.02. The number of halogens is 5. The van der Waals surface area contributed by atoms with Crippen LogP contribution in [-0.4, -0.2) is 55.3 Å². The summed E-state index contributed by atoms with van der Waals surface area (Å²) >= 11 is 0. The highest BCUT2D eigenvalue weighted by Gasteiger charge is 2.68. The number of carbonyl (C=O) groups excluding carboxylic acids is 2. The lowest BCUT2D eigenvalue weighted by molar-refractivity contribution is -0.357. The van der Waals surface area contributed by atoms with E-state index in [1.807, 2.05) is 0 Å². The first-order valence-electron chi connectivity index (χ1n) is 8.74. The summed E-state index contributed by atoms with van der Waals surface area (Å²) in [5.74, 6) is -9.08. The second-order valence-electron chi connectivity index (χ2n) is 6.47. The maximum Gasteiger partial charge on any atom is 0.468 e. The van der Waals surface area contributed by atoms with Crippen LogP contribution in [0.4, 0.5) is 22.0 Å². The van der Waals surface area contributed by atoms with Crippen molar-refractivity contribution in [2.45, 2.75) is 55.7 Å². The molecule has 1 rings (SSSR count). The molecule has 0 radical (unpaired) electrons. The Morgan fingerprint density at radius 2 is 1.67 bits per heavy atom. The summed E-state index contributed by atoms with van der Waals surface area (Å²) in [5.41, 5.74) is 0. The van der Waals surface area contributed by atoms with Gasteiger partial charge in [-0.25, -0.2) is 4.79 Å². The van der Waals surface area contributed by atoms with Crippen LogP contribution >= 0.6 is 0 Å². The summed E-state index contributed by atoms with van der Waals surface area (Å²) in [5, 5.41) is -4.87. The number of ether oxygens (including phenoxy) is 3. The van der Waals surface area contributed by atoms with Gasteiger partial charge in [-0.2, -0.15) is 30.4 Å². The quantitative estimate of drug-likeness (QED) is 0.171. The van der Waals surface area contributed by atoms with Crippen molar-refractivity contribution < 1.29 is 58.7 Å². The highest BCUT2D eigenvalue weighted by Crippen LogP contribution is 2.39. The molecule has 0 aromatic rings. The van der Waals surface area contributed by atoms with E-state index in [1.165, 1.54) is 0 Å². The first-order chi connectivity index (χ1) is 13.7. The van der Waals surface area contributed by atoms with E-state index in [0.29, 0.717) is 12.8 Å². The number of alkyl halides is 5. The zero-order chi connectivity index (χ0) is 23.2. The summed E-state index contributed by atoms with van der Waals surface area (Å²) in [4.78, 5) is 24.3. The number of carbonyl (C=O) groups is 2. The van der Waals surface area contributed by atoms with Crippen molar-refractivity contribution in [3.05, 3.63) is 12.7 Å². The molecule has 1 saturated carbocycles. The summed E-state index contributed by atoms with van der Waals surface area (Å²) in [6, 6.07) is 0. The van der Waals surface area contributed by atoms with Crippen molar-refractivity contribution in [3.8, 4) is 0 Å². The molecule has 14 heteroatoms. The minimum absolute atomic E-state index is 0.190. The molecule has 0 bridgehead atoms. The van der Waals surface area contributed by atoms with Gasteiger partial charge in [-0.1, -0.05) is 31.9 Å². The molecular formula is C16H21F5O8S. The summed E-state index contributed by atoms with van der Waals surface area (Å²) in [7, 11) is -5.96. The molecule has 1 N–H and O–H groups in total. The molecule has 1 unspecified atom stereocenters. The molecule has 30 heavy (non-hydrogen) atoms. The average Bonchev–Trinajstić information content (AvgIpc) is 2.63. The number of hydrogen-bond acceptors (Lipinski definition) is 7. The lowest BCUT2D eigenvalue weighted by Gasteiger charge is -2.34. The van der Waals surface area contributed by atoms with Crippen molar-refractivity contribution in [2.24, 2.45) is 5.92 Å². The first kappa shape index (κ1) is 26.2. The van der Waals surface area contributed by atoms with Crippen LogP contribution in [0.25, 0.3) is 0 Å². The minimum Gasteiger partial charge on any atom is -0.456 e. The van der Waals surface area contributed by atoms with Crippen LogP contribution in [0.2, 0.25) is 0 Å². The van der Waals surface area contributed by atoms with Gasteiger partial charge in [-0.15, -0.1) is 0 Å². The van der Waals surface area contributed by atoms with E-state index < -0.39 is 64.8 Å². The van der Waals surface area contributed by atoms with Crippen LogP contribution in [0.3, 0.4) is 0 Å². The molecule has 0 aromatic heterocycles. The first-order valence-corrected chi connectivity index (χ1v) is 10.2. The van der Waals surface area contributed by atoms with Crippen LogP contribution in [0.1, 0.15) is 38.5 Å². The maximum absolute atomic E-state index is 13.8. The Bertz CT molecular complexity index is 730. The Kier molecular flexibility index (Phi) is 8.75. The zero-order valence-electron chi connectivity index (χ0n) is 15.6. The van der Waals surface area contributed by atoms with Crippen molar-refractivity contribution >= 4 is 22.1 Å². The zero-order valence-corrected chi connectivity index (χ0v) is 16.4. The van der Waals surface area contributed by atoms with Gasteiger partial charge in [0.05, 0.1) is 18.9 Å². The topological polar surface area (TPSA) is 116 Å². The van der Waals surface area contributed by atoms with Crippen LogP contribution in [-0.2, 0) is 33.9 Å². The SMILES string of the molecule is C=CCOC(=O)C(OCCC(F)(F)S(=O)(=O)O)(OC(=O)C1CCCCC1)C(F)(F)F. The predicted molar refractivity (Wildman–Crippen MR) is 89.7 cm³/mol. The van der Waals surface area contributed by atoms with E-state index in [1.54, 1.807) is 0 Å². The Labute approximate surface area is 169 Å². The second kappa shape index (κ2) is 10.0. The highest BCUT2D eigenvalue weighted by atomic mass is 32.2. The van der Waals surface area contributed by atoms with E-state index in [-0.39, 0.29) is 12.8 Å². The van der Waals surface area contributed by atoms with Crippen molar-refractivity contribution in [1.82, 2.24) is 0 Å². The van der Waals surface area contributed by atoms with Gasteiger partial charge in [0.1, 0.15) is 6.61 Å². The lowest BCUT2D eigenvalue weighted by atomic mass is 9.89. The van der Waals surface area contributed by atoms with Gasteiger partial charge in [-0.3, -0.25) is 9.35 Å². The third-order valence-electron chi connectivity index (χ3n) is 4.23. The Balaban J connectivity index is 3.17. The molecule has 0 aromatic carbocycles. The highest BCUT2D eigenvalue weighted by molar-refractivity contribution is 7.86. The van der Waals surface area contributed by atoms with Gasteiger partial charge in [0.15, 0.2) is 0 Å². The summed E-state index contributed by atoms with van der Waals surface area (Å²) in [6.45, 7) is 0.655.